The maximum absolute atomic E-state index is 12.1. The third-order valence-corrected chi connectivity index (χ3v) is 4.98. The van der Waals surface area contributed by atoms with Gasteiger partial charge in [0, 0.05) is 20.4 Å². The molecule has 1 heterocycles. The quantitative estimate of drug-likeness (QED) is 0.628. The van der Waals surface area contributed by atoms with E-state index in [9.17, 15) is 4.79 Å². The second kappa shape index (κ2) is 7.25. The number of aromatic nitrogens is 1. The molecule has 0 saturated heterocycles. The van der Waals surface area contributed by atoms with Crippen molar-refractivity contribution in [1.82, 2.24) is 4.98 Å². The molecule has 1 N–H and O–H groups in total. The highest BCUT2D eigenvalue weighted by atomic mass is 79.9. The van der Waals surface area contributed by atoms with Crippen LogP contribution < -0.4 is 5.32 Å². The van der Waals surface area contributed by atoms with Crippen LogP contribution in [0.15, 0.2) is 58.4 Å². The second-order valence-corrected chi connectivity index (χ2v) is 7.01. The van der Waals surface area contributed by atoms with E-state index >= 15 is 0 Å². The van der Waals surface area contributed by atoms with Crippen molar-refractivity contribution in [2.45, 2.75) is 6.42 Å². The number of amides is 1. The Morgan fingerprint density at radius 2 is 2.04 bits per heavy atom. The number of hydrogen-bond acceptors (Lipinski definition) is 3. The lowest BCUT2D eigenvalue weighted by Gasteiger charge is -2.05. The number of anilines is 1. The first-order valence-electron chi connectivity index (χ1n) is 6.86. The van der Waals surface area contributed by atoms with Crippen molar-refractivity contribution in [1.29, 1.82) is 0 Å². The van der Waals surface area contributed by atoms with Gasteiger partial charge in [-0.15, -0.1) is 11.3 Å². The van der Waals surface area contributed by atoms with Gasteiger partial charge >= 0.3 is 0 Å². The van der Waals surface area contributed by atoms with Gasteiger partial charge in [0.25, 0.3) is 0 Å². The lowest BCUT2D eigenvalue weighted by atomic mass is 10.2. The van der Waals surface area contributed by atoms with Crippen molar-refractivity contribution in [3.63, 3.8) is 0 Å². The zero-order valence-corrected chi connectivity index (χ0v) is 15.1. The topological polar surface area (TPSA) is 42.0 Å². The summed E-state index contributed by atoms with van der Waals surface area (Å²) in [5, 5.41) is 6.30. The number of carbonyl (C=O) groups is 1. The van der Waals surface area contributed by atoms with E-state index in [1.165, 1.54) is 11.3 Å². The molecule has 116 valence electrons. The van der Waals surface area contributed by atoms with Crippen LogP contribution >= 0.6 is 38.9 Å². The van der Waals surface area contributed by atoms with Crippen LogP contribution in [0.4, 0.5) is 5.69 Å². The summed E-state index contributed by atoms with van der Waals surface area (Å²) in [6.07, 6.45) is 0.235. The maximum Gasteiger partial charge on any atom is 0.230 e. The number of carbonyl (C=O) groups excluding carboxylic acids is 1. The number of nitrogens with one attached hydrogen (secondary N) is 1. The van der Waals surface area contributed by atoms with Gasteiger partial charge in [0.15, 0.2) is 0 Å². The molecule has 0 spiro atoms. The van der Waals surface area contributed by atoms with Crippen molar-refractivity contribution in [3.05, 3.63) is 69.1 Å². The zero-order chi connectivity index (χ0) is 16.2. The monoisotopic (exact) mass is 406 g/mol. The Morgan fingerprint density at radius 3 is 2.83 bits per heavy atom. The smallest absolute Gasteiger partial charge is 0.230 e. The van der Waals surface area contributed by atoms with Gasteiger partial charge in [0.1, 0.15) is 5.01 Å². The van der Waals surface area contributed by atoms with Gasteiger partial charge < -0.3 is 5.32 Å². The fourth-order valence-electron chi connectivity index (χ4n) is 2.06. The minimum atomic E-state index is -0.0974. The average molecular weight is 408 g/mol. The second-order valence-electron chi connectivity index (χ2n) is 4.86. The summed E-state index contributed by atoms with van der Waals surface area (Å²) in [6.45, 7) is 0. The minimum Gasteiger partial charge on any atom is -0.325 e. The number of thiazole rings is 1. The summed E-state index contributed by atoms with van der Waals surface area (Å²) in [5.41, 5.74) is 2.46. The number of benzene rings is 2. The SMILES string of the molecule is O=C(Cc1csc(-c2cccc(Cl)c2)n1)Nc1ccccc1Br. The van der Waals surface area contributed by atoms with Crippen LogP contribution in [0.3, 0.4) is 0 Å². The van der Waals surface area contributed by atoms with Crippen LogP contribution in [0.25, 0.3) is 10.6 Å². The van der Waals surface area contributed by atoms with Crippen LogP contribution in [-0.2, 0) is 11.2 Å². The number of hydrogen-bond donors (Lipinski definition) is 1. The summed E-state index contributed by atoms with van der Waals surface area (Å²) in [5.74, 6) is -0.0974. The Kier molecular flexibility index (Phi) is 5.10. The zero-order valence-electron chi connectivity index (χ0n) is 11.9. The molecule has 2 aromatic carbocycles. The largest absolute Gasteiger partial charge is 0.325 e. The summed E-state index contributed by atoms with van der Waals surface area (Å²) < 4.78 is 0.853. The summed E-state index contributed by atoms with van der Waals surface area (Å²) >= 11 is 10.9. The van der Waals surface area contributed by atoms with Crippen LogP contribution in [0, 0.1) is 0 Å². The Morgan fingerprint density at radius 1 is 1.22 bits per heavy atom. The fourth-order valence-corrected chi connectivity index (χ4v) is 3.45. The van der Waals surface area contributed by atoms with E-state index in [0.29, 0.717) is 5.02 Å². The maximum atomic E-state index is 12.1. The van der Waals surface area contributed by atoms with Crippen molar-refractivity contribution in [3.8, 4) is 10.6 Å². The first-order valence-corrected chi connectivity index (χ1v) is 8.91. The highest BCUT2D eigenvalue weighted by Crippen LogP contribution is 2.26. The third-order valence-electron chi connectivity index (χ3n) is 3.11. The summed E-state index contributed by atoms with van der Waals surface area (Å²) in [6, 6.07) is 15.0. The summed E-state index contributed by atoms with van der Waals surface area (Å²) in [7, 11) is 0. The van der Waals surface area contributed by atoms with E-state index in [1.54, 1.807) is 0 Å². The van der Waals surface area contributed by atoms with Gasteiger partial charge in [-0.2, -0.15) is 0 Å². The van der Waals surface area contributed by atoms with E-state index in [1.807, 2.05) is 53.9 Å². The Bertz CT molecular complexity index is 850. The highest BCUT2D eigenvalue weighted by Gasteiger charge is 2.10. The molecular weight excluding hydrogens is 396 g/mol. The van der Waals surface area contributed by atoms with E-state index in [-0.39, 0.29) is 12.3 Å². The average Bonchev–Trinajstić information content (AvgIpc) is 2.98. The van der Waals surface area contributed by atoms with E-state index in [4.69, 9.17) is 11.6 Å². The highest BCUT2D eigenvalue weighted by molar-refractivity contribution is 9.10. The van der Waals surface area contributed by atoms with Gasteiger partial charge in [0.2, 0.25) is 5.91 Å². The molecule has 0 bridgehead atoms. The third kappa shape index (κ3) is 4.19. The molecule has 0 atom stereocenters. The van der Waals surface area contributed by atoms with Crippen LogP contribution in [0.1, 0.15) is 5.69 Å². The van der Waals surface area contributed by atoms with Crippen molar-refractivity contribution in [2.75, 3.05) is 5.32 Å². The van der Waals surface area contributed by atoms with Gasteiger partial charge in [-0.25, -0.2) is 4.98 Å². The van der Waals surface area contributed by atoms with Gasteiger partial charge in [0.05, 0.1) is 17.8 Å². The molecule has 0 aliphatic rings. The van der Waals surface area contributed by atoms with Crippen molar-refractivity contribution >= 4 is 50.5 Å². The Balaban J connectivity index is 1.69. The Labute approximate surface area is 151 Å². The van der Waals surface area contributed by atoms with Crippen molar-refractivity contribution in [2.24, 2.45) is 0 Å². The number of halogens is 2. The van der Waals surface area contributed by atoms with E-state index in [0.717, 1.165) is 26.4 Å². The molecule has 1 aromatic heterocycles. The molecule has 0 radical (unpaired) electrons. The molecule has 1 amide bonds. The molecule has 23 heavy (non-hydrogen) atoms. The first-order chi connectivity index (χ1) is 11.1. The molecule has 3 rings (SSSR count). The fraction of sp³-hybridized carbons (Fsp3) is 0.0588. The van der Waals surface area contributed by atoms with Crippen molar-refractivity contribution < 1.29 is 4.79 Å². The lowest BCUT2D eigenvalue weighted by Crippen LogP contribution is -2.14. The van der Waals surface area contributed by atoms with Gasteiger partial charge in [-0.1, -0.05) is 35.9 Å². The molecule has 0 fully saturated rings. The standard InChI is InChI=1S/C17H12BrClN2OS/c18-14-6-1-2-7-15(14)21-16(22)9-13-10-23-17(20-13)11-4-3-5-12(19)8-11/h1-8,10H,9H2,(H,21,22). The van der Waals surface area contributed by atoms with Crippen LogP contribution in [-0.4, -0.2) is 10.9 Å². The first kappa shape index (κ1) is 16.2. The number of nitrogens with zero attached hydrogens (tertiary/aromatic N) is 1. The van der Waals surface area contributed by atoms with Crippen LogP contribution in [0.2, 0.25) is 5.02 Å². The normalized spacial score (nSPS) is 10.5. The predicted molar refractivity (Wildman–Crippen MR) is 99.0 cm³/mol. The molecule has 3 nitrogen and oxygen atoms in total. The minimum absolute atomic E-state index is 0.0974. The molecule has 0 unspecified atom stereocenters. The summed E-state index contributed by atoms with van der Waals surface area (Å²) in [4.78, 5) is 16.7. The number of rotatable bonds is 4. The lowest BCUT2D eigenvalue weighted by molar-refractivity contribution is -0.115. The molecule has 0 aliphatic carbocycles. The Hall–Kier alpha value is -1.69. The van der Waals surface area contributed by atoms with Crippen LogP contribution in [0.5, 0.6) is 0 Å². The van der Waals surface area contributed by atoms with E-state index < -0.39 is 0 Å². The molecule has 3 aromatic rings. The van der Waals surface area contributed by atoms with E-state index in [2.05, 4.69) is 26.2 Å². The molecule has 6 heteroatoms. The van der Waals surface area contributed by atoms with Gasteiger partial charge in [-0.3, -0.25) is 4.79 Å². The van der Waals surface area contributed by atoms with Gasteiger partial charge in [-0.05, 0) is 40.2 Å². The number of para-hydroxylation sites is 1. The molecule has 0 saturated carbocycles. The molecular formula is C17H12BrClN2OS. The predicted octanol–water partition coefficient (Wildman–Crippen LogP) is 5.41. The molecule has 0 aliphatic heterocycles.